The molecule has 0 radical (unpaired) electrons. The zero-order valence-electron chi connectivity index (χ0n) is 18.0. The molecule has 1 N–H and O–H groups in total. The number of rotatable bonds is 9. The van der Waals surface area contributed by atoms with Gasteiger partial charge in [-0.2, -0.15) is 0 Å². The van der Waals surface area contributed by atoms with Gasteiger partial charge in [-0.1, -0.05) is 49.2 Å². The van der Waals surface area contributed by atoms with Gasteiger partial charge in [0, 0.05) is 28.7 Å². The minimum absolute atomic E-state index is 0.0897. The normalized spacial score (nSPS) is 11.9. The highest BCUT2D eigenvalue weighted by Gasteiger charge is 2.27. The number of carbonyl (C=O) groups excluding carboxylic acids is 2. The highest BCUT2D eigenvalue weighted by atomic mass is 79.9. The van der Waals surface area contributed by atoms with Crippen molar-refractivity contribution in [3.05, 3.63) is 62.0 Å². The standard InChI is InChI=1S/C23H27BrCl2N2O3/c1-5-27-23(30)15(4)28(12-17-19(25)7-6-8-20(17)26)22(29)13-31-21-10-9-16(14(2)3)11-18(21)24/h6-11,14-15H,5,12-13H2,1-4H3,(H,27,30)/t15-/m1/s1. The van der Waals surface area contributed by atoms with E-state index in [1.54, 1.807) is 25.1 Å². The summed E-state index contributed by atoms with van der Waals surface area (Å²) in [5, 5.41) is 3.61. The summed E-state index contributed by atoms with van der Waals surface area (Å²) in [5.74, 6) is 0.316. The molecule has 0 aliphatic rings. The van der Waals surface area contributed by atoms with Crippen LogP contribution in [-0.4, -0.2) is 35.9 Å². The zero-order chi connectivity index (χ0) is 23.1. The Labute approximate surface area is 202 Å². The van der Waals surface area contributed by atoms with Gasteiger partial charge in [0.1, 0.15) is 11.8 Å². The summed E-state index contributed by atoms with van der Waals surface area (Å²) in [4.78, 5) is 27.0. The van der Waals surface area contributed by atoms with Crippen LogP contribution in [0.4, 0.5) is 0 Å². The largest absolute Gasteiger partial charge is 0.483 e. The molecule has 168 valence electrons. The molecule has 2 aromatic rings. The molecule has 31 heavy (non-hydrogen) atoms. The van der Waals surface area contributed by atoms with Crippen molar-refractivity contribution in [2.45, 2.75) is 46.2 Å². The molecular formula is C23H27BrCl2N2O3. The molecule has 0 saturated heterocycles. The fourth-order valence-corrected chi connectivity index (χ4v) is 4.00. The average molecular weight is 530 g/mol. The van der Waals surface area contributed by atoms with Crippen molar-refractivity contribution in [3.8, 4) is 5.75 Å². The van der Waals surface area contributed by atoms with E-state index < -0.39 is 6.04 Å². The molecule has 0 unspecified atom stereocenters. The second-order valence-electron chi connectivity index (χ2n) is 7.43. The molecule has 0 heterocycles. The van der Waals surface area contributed by atoms with Crippen LogP contribution in [-0.2, 0) is 16.1 Å². The van der Waals surface area contributed by atoms with E-state index in [1.807, 2.05) is 25.1 Å². The Morgan fingerprint density at radius 3 is 2.32 bits per heavy atom. The summed E-state index contributed by atoms with van der Waals surface area (Å²) in [5.41, 5.74) is 1.74. The molecule has 0 aliphatic carbocycles. The molecule has 2 aromatic carbocycles. The van der Waals surface area contributed by atoms with Crippen molar-refractivity contribution in [1.29, 1.82) is 0 Å². The first kappa shape index (κ1) is 25.5. The van der Waals surface area contributed by atoms with Crippen LogP contribution < -0.4 is 10.1 Å². The van der Waals surface area contributed by atoms with Crippen molar-refractivity contribution in [3.63, 3.8) is 0 Å². The minimum Gasteiger partial charge on any atom is -0.483 e. The molecule has 0 aliphatic heterocycles. The van der Waals surface area contributed by atoms with Crippen LogP contribution in [0.2, 0.25) is 10.0 Å². The highest BCUT2D eigenvalue weighted by molar-refractivity contribution is 9.10. The monoisotopic (exact) mass is 528 g/mol. The number of nitrogens with zero attached hydrogens (tertiary/aromatic N) is 1. The van der Waals surface area contributed by atoms with Crippen molar-refractivity contribution < 1.29 is 14.3 Å². The van der Waals surface area contributed by atoms with Gasteiger partial charge in [0.2, 0.25) is 5.91 Å². The third kappa shape index (κ3) is 6.86. The fraction of sp³-hybridized carbons (Fsp3) is 0.391. The zero-order valence-corrected chi connectivity index (χ0v) is 21.1. The predicted octanol–water partition coefficient (Wildman–Crippen LogP) is 5.81. The molecule has 0 bridgehead atoms. The number of amides is 2. The summed E-state index contributed by atoms with van der Waals surface area (Å²) < 4.78 is 6.53. The number of benzene rings is 2. The van der Waals surface area contributed by atoms with Gasteiger partial charge in [-0.15, -0.1) is 0 Å². The number of likely N-dealkylation sites (N-methyl/N-ethyl adjacent to an activating group) is 1. The fourth-order valence-electron chi connectivity index (χ4n) is 2.97. The maximum absolute atomic E-state index is 13.1. The second kappa shape index (κ2) is 11.7. The van der Waals surface area contributed by atoms with Gasteiger partial charge in [-0.25, -0.2) is 0 Å². The Bertz CT molecular complexity index is 917. The molecule has 5 nitrogen and oxygen atoms in total. The molecule has 0 saturated carbocycles. The smallest absolute Gasteiger partial charge is 0.261 e. The number of hydrogen-bond donors (Lipinski definition) is 1. The molecule has 1 atom stereocenters. The Kier molecular flexibility index (Phi) is 9.66. The molecule has 0 spiro atoms. The first-order chi connectivity index (χ1) is 14.6. The van der Waals surface area contributed by atoms with Gasteiger partial charge in [-0.3, -0.25) is 9.59 Å². The lowest BCUT2D eigenvalue weighted by atomic mass is 10.0. The third-order valence-corrected chi connectivity index (χ3v) is 6.21. The summed E-state index contributed by atoms with van der Waals surface area (Å²) in [6.07, 6.45) is 0. The van der Waals surface area contributed by atoms with Crippen molar-refractivity contribution in [2.24, 2.45) is 0 Å². The van der Waals surface area contributed by atoms with Crippen LogP contribution in [0.3, 0.4) is 0 Å². The number of hydrogen-bond acceptors (Lipinski definition) is 3. The van der Waals surface area contributed by atoms with E-state index in [0.717, 1.165) is 10.0 Å². The number of nitrogens with one attached hydrogen (secondary N) is 1. The highest BCUT2D eigenvalue weighted by Crippen LogP contribution is 2.30. The van der Waals surface area contributed by atoms with E-state index in [2.05, 4.69) is 35.1 Å². The summed E-state index contributed by atoms with van der Waals surface area (Å²) in [6.45, 7) is 8.02. The SMILES string of the molecule is CCNC(=O)[C@@H](C)N(Cc1c(Cl)cccc1Cl)C(=O)COc1ccc(C(C)C)cc1Br. The van der Waals surface area contributed by atoms with E-state index in [-0.39, 0.29) is 25.0 Å². The van der Waals surface area contributed by atoms with E-state index >= 15 is 0 Å². The van der Waals surface area contributed by atoms with E-state index in [4.69, 9.17) is 27.9 Å². The quantitative estimate of drug-likeness (QED) is 0.445. The lowest BCUT2D eigenvalue weighted by molar-refractivity contribution is -0.142. The molecule has 2 amide bonds. The maximum atomic E-state index is 13.1. The molecule has 2 rings (SSSR count). The van der Waals surface area contributed by atoms with Crippen LogP contribution in [0.5, 0.6) is 5.75 Å². The van der Waals surface area contributed by atoms with Gasteiger partial charge >= 0.3 is 0 Å². The molecule has 0 fully saturated rings. The lowest BCUT2D eigenvalue weighted by Gasteiger charge is -2.29. The first-order valence-corrected chi connectivity index (χ1v) is 11.6. The number of carbonyl (C=O) groups is 2. The summed E-state index contributed by atoms with van der Waals surface area (Å²) >= 11 is 16.1. The van der Waals surface area contributed by atoms with E-state index in [0.29, 0.717) is 33.8 Å². The summed E-state index contributed by atoms with van der Waals surface area (Å²) in [6, 6.07) is 10.2. The van der Waals surface area contributed by atoms with Crippen molar-refractivity contribution in [2.75, 3.05) is 13.2 Å². The maximum Gasteiger partial charge on any atom is 0.261 e. The van der Waals surface area contributed by atoms with Gasteiger partial charge in [0.15, 0.2) is 6.61 Å². The van der Waals surface area contributed by atoms with Crippen LogP contribution in [0, 0.1) is 0 Å². The van der Waals surface area contributed by atoms with Crippen LogP contribution >= 0.6 is 39.1 Å². The Morgan fingerprint density at radius 2 is 1.77 bits per heavy atom. The first-order valence-electron chi connectivity index (χ1n) is 10.1. The van der Waals surface area contributed by atoms with Gasteiger partial charge < -0.3 is 15.0 Å². The minimum atomic E-state index is -0.727. The van der Waals surface area contributed by atoms with Gasteiger partial charge in [-0.05, 0) is 65.5 Å². The Hall–Kier alpha value is -1.76. The lowest BCUT2D eigenvalue weighted by Crippen LogP contribution is -2.49. The van der Waals surface area contributed by atoms with Crippen molar-refractivity contribution in [1.82, 2.24) is 10.2 Å². The third-order valence-electron chi connectivity index (χ3n) is 4.88. The Morgan fingerprint density at radius 1 is 1.13 bits per heavy atom. The summed E-state index contributed by atoms with van der Waals surface area (Å²) in [7, 11) is 0. The van der Waals surface area contributed by atoms with Crippen LogP contribution in [0.1, 0.15) is 44.7 Å². The Balaban J connectivity index is 2.22. The van der Waals surface area contributed by atoms with Gasteiger partial charge in [0.25, 0.3) is 5.91 Å². The molecular weight excluding hydrogens is 503 g/mol. The van der Waals surface area contributed by atoms with Crippen LogP contribution in [0.15, 0.2) is 40.9 Å². The van der Waals surface area contributed by atoms with Gasteiger partial charge in [0.05, 0.1) is 4.47 Å². The van der Waals surface area contributed by atoms with Crippen LogP contribution in [0.25, 0.3) is 0 Å². The predicted molar refractivity (Wildman–Crippen MR) is 129 cm³/mol. The number of halogens is 3. The van der Waals surface area contributed by atoms with E-state index in [1.165, 1.54) is 4.90 Å². The molecule has 0 aromatic heterocycles. The molecule has 8 heteroatoms. The van der Waals surface area contributed by atoms with E-state index in [9.17, 15) is 9.59 Å². The topological polar surface area (TPSA) is 58.6 Å². The number of ether oxygens (including phenoxy) is 1. The average Bonchev–Trinajstić information content (AvgIpc) is 2.72. The second-order valence-corrected chi connectivity index (χ2v) is 9.09. The van der Waals surface area contributed by atoms with Crippen molar-refractivity contribution >= 4 is 50.9 Å².